The number of nitrogens with zero attached hydrogens (tertiary/aromatic N) is 1. The minimum atomic E-state index is 0.912. The summed E-state index contributed by atoms with van der Waals surface area (Å²) in [6.45, 7) is 8.26. The molecule has 0 atom stereocenters. The van der Waals surface area contributed by atoms with Crippen molar-refractivity contribution in [2.24, 2.45) is 0 Å². The molecular formula is C19H22N2. The summed E-state index contributed by atoms with van der Waals surface area (Å²) >= 11 is 0. The highest BCUT2D eigenvalue weighted by molar-refractivity contribution is 5.61. The number of aromatic nitrogens is 1. The monoisotopic (exact) mass is 278 g/mol. The third-order valence-corrected chi connectivity index (χ3v) is 3.80. The number of rotatable bonds is 5. The van der Waals surface area contributed by atoms with E-state index in [2.05, 4.69) is 48.3 Å². The van der Waals surface area contributed by atoms with Crippen LogP contribution in [0.25, 0.3) is 6.08 Å². The minimum absolute atomic E-state index is 0.912. The standard InChI is InChI=1S/C19H22N2/c1-5-17-9-10-21-19(15(17)4)11-14(3)18-8-7-16(12-18)13-20-6-2/h1,7-11,20H,6,12-13H2,2-4H3/b14-11+. The zero-order valence-corrected chi connectivity index (χ0v) is 13.0. The van der Waals surface area contributed by atoms with E-state index in [1.54, 1.807) is 6.20 Å². The molecule has 1 aromatic rings. The summed E-state index contributed by atoms with van der Waals surface area (Å²) < 4.78 is 0. The van der Waals surface area contributed by atoms with E-state index in [0.29, 0.717) is 0 Å². The fraction of sp³-hybridized carbons (Fsp3) is 0.316. The van der Waals surface area contributed by atoms with Gasteiger partial charge in [-0.1, -0.05) is 30.6 Å². The van der Waals surface area contributed by atoms with Crippen molar-refractivity contribution in [2.45, 2.75) is 27.2 Å². The maximum Gasteiger partial charge on any atom is 0.0673 e. The van der Waals surface area contributed by atoms with Gasteiger partial charge in [-0.05, 0) is 55.7 Å². The van der Waals surface area contributed by atoms with E-state index in [1.807, 2.05) is 13.0 Å². The van der Waals surface area contributed by atoms with Gasteiger partial charge in [-0.2, -0.15) is 0 Å². The second-order valence-electron chi connectivity index (χ2n) is 5.31. The van der Waals surface area contributed by atoms with Crippen molar-refractivity contribution < 1.29 is 0 Å². The van der Waals surface area contributed by atoms with Gasteiger partial charge in [0.1, 0.15) is 0 Å². The SMILES string of the molecule is C#Cc1ccnc(/C=C(\C)C2=CC=C(CNCC)C2)c1C. The number of allylic oxidation sites excluding steroid dienone is 4. The Morgan fingerprint density at radius 2 is 2.29 bits per heavy atom. The molecule has 0 saturated heterocycles. The van der Waals surface area contributed by atoms with Gasteiger partial charge in [0.05, 0.1) is 5.69 Å². The first-order chi connectivity index (χ1) is 10.2. The molecule has 0 fully saturated rings. The molecule has 0 aliphatic heterocycles. The van der Waals surface area contributed by atoms with Crippen LogP contribution in [0.15, 0.2) is 41.1 Å². The summed E-state index contributed by atoms with van der Waals surface area (Å²) in [5, 5.41) is 3.37. The van der Waals surface area contributed by atoms with E-state index >= 15 is 0 Å². The minimum Gasteiger partial charge on any atom is -0.313 e. The Bertz CT molecular complexity index is 655. The molecule has 108 valence electrons. The maximum absolute atomic E-state index is 5.51. The van der Waals surface area contributed by atoms with Crippen molar-refractivity contribution in [2.75, 3.05) is 13.1 Å². The van der Waals surface area contributed by atoms with Gasteiger partial charge in [0.15, 0.2) is 0 Å². The molecule has 1 N–H and O–H groups in total. The van der Waals surface area contributed by atoms with Crippen molar-refractivity contribution in [1.82, 2.24) is 10.3 Å². The van der Waals surface area contributed by atoms with E-state index < -0.39 is 0 Å². The highest BCUT2D eigenvalue weighted by Gasteiger charge is 2.10. The molecule has 0 radical (unpaired) electrons. The van der Waals surface area contributed by atoms with E-state index in [4.69, 9.17) is 6.42 Å². The van der Waals surface area contributed by atoms with Crippen LogP contribution in [0.3, 0.4) is 0 Å². The van der Waals surface area contributed by atoms with Gasteiger partial charge in [0.25, 0.3) is 0 Å². The largest absolute Gasteiger partial charge is 0.313 e. The van der Waals surface area contributed by atoms with Crippen LogP contribution < -0.4 is 5.32 Å². The molecule has 0 unspecified atom stereocenters. The first-order valence-corrected chi connectivity index (χ1v) is 7.36. The zero-order valence-electron chi connectivity index (χ0n) is 13.0. The second-order valence-corrected chi connectivity index (χ2v) is 5.31. The molecule has 1 aliphatic rings. The summed E-state index contributed by atoms with van der Waals surface area (Å²) in [6.07, 6.45) is 14.9. The predicted molar refractivity (Wildman–Crippen MR) is 89.9 cm³/mol. The van der Waals surface area contributed by atoms with E-state index in [1.165, 1.54) is 16.7 Å². The van der Waals surface area contributed by atoms with Crippen LogP contribution in [0.4, 0.5) is 0 Å². The number of terminal acetylenes is 1. The fourth-order valence-electron chi connectivity index (χ4n) is 2.41. The van der Waals surface area contributed by atoms with Gasteiger partial charge in [-0.25, -0.2) is 0 Å². The molecule has 0 saturated carbocycles. The quantitative estimate of drug-likeness (QED) is 0.832. The highest BCUT2D eigenvalue weighted by atomic mass is 14.8. The molecule has 1 aromatic heterocycles. The first-order valence-electron chi connectivity index (χ1n) is 7.36. The maximum atomic E-state index is 5.51. The van der Waals surface area contributed by atoms with Gasteiger partial charge in [-0.15, -0.1) is 6.42 Å². The van der Waals surface area contributed by atoms with Crippen molar-refractivity contribution in [3.8, 4) is 12.3 Å². The fourth-order valence-corrected chi connectivity index (χ4v) is 2.41. The summed E-state index contributed by atoms with van der Waals surface area (Å²) in [5.41, 5.74) is 6.98. The molecule has 2 heteroatoms. The molecule has 1 heterocycles. The summed E-state index contributed by atoms with van der Waals surface area (Å²) in [4.78, 5) is 4.44. The van der Waals surface area contributed by atoms with Gasteiger partial charge < -0.3 is 5.32 Å². The van der Waals surface area contributed by atoms with Crippen molar-refractivity contribution >= 4 is 6.08 Å². The number of hydrogen-bond acceptors (Lipinski definition) is 2. The Labute approximate surface area is 127 Å². The molecule has 2 rings (SSSR count). The molecule has 2 nitrogen and oxygen atoms in total. The average Bonchev–Trinajstić information content (AvgIpc) is 2.96. The Kier molecular flexibility index (Phi) is 5.14. The Morgan fingerprint density at radius 1 is 1.48 bits per heavy atom. The van der Waals surface area contributed by atoms with Crippen LogP contribution in [-0.4, -0.2) is 18.1 Å². The Hall–Kier alpha value is -2.11. The third kappa shape index (κ3) is 3.71. The van der Waals surface area contributed by atoms with E-state index in [9.17, 15) is 0 Å². The highest BCUT2D eigenvalue weighted by Crippen LogP contribution is 2.26. The molecule has 0 spiro atoms. The summed E-state index contributed by atoms with van der Waals surface area (Å²) in [5.74, 6) is 2.71. The second kappa shape index (κ2) is 7.06. The number of nitrogens with one attached hydrogen (secondary N) is 1. The lowest BCUT2D eigenvalue weighted by Gasteiger charge is -2.08. The lowest BCUT2D eigenvalue weighted by molar-refractivity contribution is 0.766. The Balaban J connectivity index is 2.12. The summed E-state index contributed by atoms with van der Waals surface area (Å²) in [7, 11) is 0. The number of likely N-dealkylation sites (N-methyl/N-ethyl adjacent to an activating group) is 1. The van der Waals surface area contributed by atoms with Gasteiger partial charge >= 0.3 is 0 Å². The first kappa shape index (κ1) is 15.3. The van der Waals surface area contributed by atoms with Crippen LogP contribution >= 0.6 is 0 Å². The smallest absolute Gasteiger partial charge is 0.0673 e. The summed E-state index contributed by atoms with van der Waals surface area (Å²) in [6, 6.07) is 1.88. The third-order valence-electron chi connectivity index (χ3n) is 3.80. The Morgan fingerprint density at radius 3 is 3.00 bits per heavy atom. The molecular weight excluding hydrogens is 256 g/mol. The van der Waals surface area contributed by atoms with E-state index in [-0.39, 0.29) is 0 Å². The van der Waals surface area contributed by atoms with Crippen molar-refractivity contribution in [1.29, 1.82) is 0 Å². The number of pyridine rings is 1. The molecule has 0 amide bonds. The predicted octanol–water partition coefficient (Wildman–Crippen LogP) is 3.64. The lowest BCUT2D eigenvalue weighted by atomic mass is 10.0. The van der Waals surface area contributed by atoms with Gasteiger partial charge in [-0.3, -0.25) is 4.98 Å². The average molecular weight is 278 g/mol. The van der Waals surface area contributed by atoms with Crippen LogP contribution in [0.1, 0.15) is 37.1 Å². The molecule has 1 aliphatic carbocycles. The molecule has 21 heavy (non-hydrogen) atoms. The van der Waals surface area contributed by atoms with Gasteiger partial charge in [0.2, 0.25) is 0 Å². The lowest BCUT2D eigenvalue weighted by Crippen LogP contribution is -2.15. The number of hydrogen-bond donors (Lipinski definition) is 1. The van der Waals surface area contributed by atoms with Crippen LogP contribution in [0.5, 0.6) is 0 Å². The van der Waals surface area contributed by atoms with Crippen LogP contribution in [-0.2, 0) is 0 Å². The van der Waals surface area contributed by atoms with E-state index in [0.717, 1.165) is 36.3 Å². The van der Waals surface area contributed by atoms with Gasteiger partial charge in [0, 0.05) is 18.3 Å². The van der Waals surface area contributed by atoms with Crippen molar-refractivity contribution in [3.05, 3.63) is 58.0 Å². The molecule has 0 bridgehead atoms. The normalized spacial score (nSPS) is 14.7. The molecule has 0 aromatic carbocycles. The van der Waals surface area contributed by atoms with Crippen molar-refractivity contribution in [3.63, 3.8) is 0 Å². The topological polar surface area (TPSA) is 24.9 Å². The van der Waals surface area contributed by atoms with Crippen LogP contribution in [0, 0.1) is 19.3 Å². The van der Waals surface area contributed by atoms with Crippen LogP contribution in [0.2, 0.25) is 0 Å². The zero-order chi connectivity index (χ0) is 15.2.